The van der Waals surface area contributed by atoms with Gasteiger partial charge in [0, 0.05) is 24.2 Å². The van der Waals surface area contributed by atoms with E-state index in [1.54, 1.807) is 24.4 Å². The average Bonchev–Trinajstić information content (AvgIpc) is 2.45. The molecule has 1 amide bonds. The molecule has 0 fully saturated rings. The summed E-state index contributed by atoms with van der Waals surface area (Å²) in [5.41, 5.74) is 5.65. The van der Waals surface area contributed by atoms with Gasteiger partial charge >= 0.3 is 6.18 Å². The lowest BCUT2D eigenvalue weighted by Crippen LogP contribution is -2.17. The number of rotatable bonds is 4. The monoisotopic (exact) mass is 294 g/mol. The van der Waals surface area contributed by atoms with Crippen molar-refractivity contribution >= 4 is 5.91 Å². The summed E-state index contributed by atoms with van der Waals surface area (Å²) < 4.78 is 37.7. The summed E-state index contributed by atoms with van der Waals surface area (Å²) in [5, 5.41) is 0. The van der Waals surface area contributed by atoms with Crippen molar-refractivity contribution in [3.63, 3.8) is 0 Å². The van der Waals surface area contributed by atoms with Crippen molar-refractivity contribution in [2.75, 3.05) is 0 Å². The number of benzene rings is 1. The SMILES string of the molecule is NC(=O)CC(c1ccc(C(F)(F)F)cc1)c1ccccn1. The summed E-state index contributed by atoms with van der Waals surface area (Å²) in [5.74, 6) is -0.989. The van der Waals surface area contributed by atoms with Crippen LogP contribution in [0.15, 0.2) is 48.7 Å². The van der Waals surface area contributed by atoms with Crippen molar-refractivity contribution in [2.45, 2.75) is 18.5 Å². The van der Waals surface area contributed by atoms with Gasteiger partial charge in [0.25, 0.3) is 0 Å². The fraction of sp³-hybridized carbons (Fsp3) is 0.200. The highest BCUT2D eigenvalue weighted by atomic mass is 19.4. The Hall–Kier alpha value is -2.37. The molecule has 0 bridgehead atoms. The van der Waals surface area contributed by atoms with Gasteiger partial charge in [0.05, 0.1) is 5.56 Å². The van der Waals surface area contributed by atoms with E-state index in [0.29, 0.717) is 11.3 Å². The van der Waals surface area contributed by atoms with Gasteiger partial charge in [0.2, 0.25) is 5.91 Å². The van der Waals surface area contributed by atoms with Gasteiger partial charge in [-0.2, -0.15) is 13.2 Å². The van der Waals surface area contributed by atoms with Crippen molar-refractivity contribution in [3.8, 4) is 0 Å². The first-order valence-corrected chi connectivity index (χ1v) is 6.24. The summed E-state index contributed by atoms with van der Waals surface area (Å²) in [4.78, 5) is 15.3. The third kappa shape index (κ3) is 3.81. The van der Waals surface area contributed by atoms with E-state index in [1.807, 2.05) is 0 Å². The molecule has 0 spiro atoms. The van der Waals surface area contributed by atoms with Gasteiger partial charge in [0.1, 0.15) is 0 Å². The van der Waals surface area contributed by atoms with Crippen molar-refractivity contribution in [1.82, 2.24) is 4.98 Å². The molecule has 0 aliphatic carbocycles. The second-order valence-corrected chi connectivity index (χ2v) is 4.60. The standard InChI is InChI=1S/C15H13F3N2O/c16-15(17,18)11-6-4-10(5-7-11)12(9-14(19)21)13-3-1-2-8-20-13/h1-8,12H,9H2,(H2,19,21). The van der Waals surface area contributed by atoms with Crippen LogP contribution in [0.25, 0.3) is 0 Å². The Morgan fingerprint density at radius 2 is 1.81 bits per heavy atom. The molecule has 21 heavy (non-hydrogen) atoms. The molecular weight excluding hydrogens is 281 g/mol. The molecule has 0 aliphatic heterocycles. The van der Waals surface area contributed by atoms with Crippen molar-refractivity contribution < 1.29 is 18.0 Å². The van der Waals surface area contributed by atoms with Crippen LogP contribution in [-0.2, 0) is 11.0 Å². The fourth-order valence-corrected chi connectivity index (χ4v) is 2.08. The molecule has 1 heterocycles. The van der Waals surface area contributed by atoms with Gasteiger partial charge < -0.3 is 5.73 Å². The van der Waals surface area contributed by atoms with Crippen LogP contribution in [0, 0.1) is 0 Å². The molecule has 0 radical (unpaired) electrons. The van der Waals surface area contributed by atoms with E-state index in [-0.39, 0.29) is 6.42 Å². The van der Waals surface area contributed by atoms with E-state index in [1.165, 1.54) is 12.1 Å². The van der Waals surface area contributed by atoms with E-state index in [2.05, 4.69) is 4.98 Å². The molecule has 2 N–H and O–H groups in total. The zero-order valence-corrected chi connectivity index (χ0v) is 11.0. The van der Waals surface area contributed by atoms with Crippen molar-refractivity contribution in [2.24, 2.45) is 5.73 Å². The third-order valence-electron chi connectivity index (χ3n) is 3.09. The van der Waals surface area contributed by atoms with Gasteiger partial charge in [0.15, 0.2) is 0 Å². The van der Waals surface area contributed by atoms with E-state index >= 15 is 0 Å². The number of halogens is 3. The number of nitrogens with two attached hydrogens (primary N) is 1. The van der Waals surface area contributed by atoms with Gasteiger partial charge in [-0.25, -0.2) is 0 Å². The molecule has 1 aromatic heterocycles. The number of amides is 1. The zero-order chi connectivity index (χ0) is 15.5. The van der Waals surface area contributed by atoms with Crippen LogP contribution < -0.4 is 5.73 Å². The zero-order valence-electron chi connectivity index (χ0n) is 11.0. The van der Waals surface area contributed by atoms with Crippen LogP contribution in [0.5, 0.6) is 0 Å². The van der Waals surface area contributed by atoms with Gasteiger partial charge in [-0.05, 0) is 29.8 Å². The maximum atomic E-state index is 12.6. The lowest BCUT2D eigenvalue weighted by Gasteiger charge is -2.16. The predicted octanol–water partition coefficient (Wildman–Crippen LogP) is 3.11. The van der Waals surface area contributed by atoms with Crippen molar-refractivity contribution in [3.05, 3.63) is 65.5 Å². The number of alkyl halides is 3. The van der Waals surface area contributed by atoms with Crippen LogP contribution in [0.4, 0.5) is 13.2 Å². The first kappa shape index (κ1) is 15.0. The molecule has 6 heteroatoms. The van der Waals surface area contributed by atoms with Crippen LogP contribution in [0.3, 0.4) is 0 Å². The molecule has 1 aromatic carbocycles. The van der Waals surface area contributed by atoms with Crippen LogP contribution >= 0.6 is 0 Å². The minimum atomic E-state index is -4.39. The quantitative estimate of drug-likeness (QED) is 0.942. The number of carbonyl (C=O) groups is 1. The Bertz CT molecular complexity index is 609. The Balaban J connectivity index is 2.36. The Kier molecular flexibility index (Phi) is 4.26. The maximum absolute atomic E-state index is 12.6. The lowest BCUT2D eigenvalue weighted by molar-refractivity contribution is -0.137. The second-order valence-electron chi connectivity index (χ2n) is 4.60. The van der Waals surface area contributed by atoms with Crippen LogP contribution in [0.2, 0.25) is 0 Å². The van der Waals surface area contributed by atoms with E-state index in [9.17, 15) is 18.0 Å². The summed E-state index contributed by atoms with van der Waals surface area (Å²) in [6, 6.07) is 9.87. The summed E-state index contributed by atoms with van der Waals surface area (Å²) in [6.45, 7) is 0. The fourth-order valence-electron chi connectivity index (χ4n) is 2.08. The highest BCUT2D eigenvalue weighted by molar-refractivity contribution is 5.75. The van der Waals surface area contributed by atoms with E-state index < -0.39 is 23.6 Å². The number of carbonyl (C=O) groups excluding carboxylic acids is 1. The van der Waals surface area contributed by atoms with Crippen LogP contribution in [0.1, 0.15) is 29.2 Å². The predicted molar refractivity (Wildman–Crippen MR) is 71.3 cm³/mol. The minimum absolute atomic E-state index is 0.0115. The minimum Gasteiger partial charge on any atom is -0.370 e. The third-order valence-corrected chi connectivity index (χ3v) is 3.09. The Morgan fingerprint density at radius 3 is 2.29 bits per heavy atom. The first-order valence-electron chi connectivity index (χ1n) is 6.24. The van der Waals surface area contributed by atoms with Crippen molar-refractivity contribution in [1.29, 1.82) is 0 Å². The normalized spacial score (nSPS) is 12.9. The highest BCUT2D eigenvalue weighted by Crippen LogP contribution is 2.32. The maximum Gasteiger partial charge on any atom is 0.416 e. The number of hydrogen-bond acceptors (Lipinski definition) is 2. The molecule has 1 unspecified atom stereocenters. The summed E-state index contributed by atoms with van der Waals surface area (Å²) in [7, 11) is 0. The molecular formula is C15H13F3N2O. The number of hydrogen-bond donors (Lipinski definition) is 1. The number of aromatic nitrogens is 1. The summed E-state index contributed by atoms with van der Waals surface area (Å²) in [6.07, 6.45) is -2.83. The number of pyridine rings is 1. The molecule has 2 aromatic rings. The molecule has 0 aliphatic rings. The lowest BCUT2D eigenvalue weighted by atomic mass is 9.91. The smallest absolute Gasteiger partial charge is 0.370 e. The molecule has 1 atom stereocenters. The van der Waals surface area contributed by atoms with Gasteiger partial charge in [-0.3, -0.25) is 9.78 Å². The topological polar surface area (TPSA) is 56.0 Å². The highest BCUT2D eigenvalue weighted by Gasteiger charge is 2.30. The number of nitrogens with zero attached hydrogens (tertiary/aromatic N) is 1. The van der Waals surface area contributed by atoms with Gasteiger partial charge in [-0.15, -0.1) is 0 Å². The summed E-state index contributed by atoms with van der Waals surface area (Å²) >= 11 is 0. The van der Waals surface area contributed by atoms with E-state index in [4.69, 9.17) is 5.73 Å². The molecule has 0 saturated carbocycles. The molecule has 3 nitrogen and oxygen atoms in total. The second kappa shape index (κ2) is 5.95. The van der Waals surface area contributed by atoms with Crippen LogP contribution in [-0.4, -0.2) is 10.9 Å². The molecule has 0 saturated heterocycles. The molecule has 2 rings (SSSR count). The first-order chi connectivity index (χ1) is 9.88. The van der Waals surface area contributed by atoms with E-state index in [0.717, 1.165) is 12.1 Å². The largest absolute Gasteiger partial charge is 0.416 e. The number of primary amides is 1. The Morgan fingerprint density at radius 1 is 1.14 bits per heavy atom. The average molecular weight is 294 g/mol. The molecule has 110 valence electrons. The Labute approximate surface area is 119 Å². The van der Waals surface area contributed by atoms with Gasteiger partial charge in [-0.1, -0.05) is 18.2 Å².